The first kappa shape index (κ1) is 10.9. The lowest BCUT2D eigenvalue weighted by Crippen LogP contribution is -2.22. The summed E-state index contributed by atoms with van der Waals surface area (Å²) in [5.74, 6) is -1.44. The molecule has 0 radical (unpaired) electrons. The molecule has 0 aliphatic heterocycles. The quantitative estimate of drug-likeness (QED) is 0.851. The van der Waals surface area contributed by atoms with Gasteiger partial charge < -0.3 is 5.11 Å². The van der Waals surface area contributed by atoms with Gasteiger partial charge in [0.2, 0.25) is 0 Å². The van der Waals surface area contributed by atoms with Crippen LogP contribution in [0.15, 0.2) is 18.2 Å². The second kappa shape index (κ2) is 3.46. The summed E-state index contributed by atoms with van der Waals surface area (Å²) >= 11 is 8.89. The minimum absolute atomic E-state index is 0.0419. The van der Waals surface area contributed by atoms with Crippen LogP contribution in [0.25, 0.3) is 0 Å². The minimum Gasteiger partial charge on any atom is -0.481 e. The maximum Gasteiger partial charge on any atom is 0.315 e. The van der Waals surface area contributed by atoms with Gasteiger partial charge in [-0.3, -0.25) is 4.79 Å². The molecule has 1 N–H and O–H groups in total. The van der Waals surface area contributed by atoms with E-state index >= 15 is 0 Å². The van der Waals surface area contributed by atoms with E-state index in [1.54, 1.807) is 0 Å². The molecule has 15 heavy (non-hydrogen) atoms. The minimum atomic E-state index is -0.933. The van der Waals surface area contributed by atoms with E-state index in [0.717, 1.165) is 0 Å². The summed E-state index contributed by atoms with van der Waals surface area (Å²) in [5.41, 5.74) is -0.388. The van der Waals surface area contributed by atoms with E-state index in [4.69, 9.17) is 16.7 Å². The molecule has 1 aliphatic rings. The van der Waals surface area contributed by atoms with Gasteiger partial charge in [-0.05, 0) is 24.1 Å². The fraction of sp³-hybridized carbons (Fsp3) is 0.300. The first-order valence-electron chi connectivity index (χ1n) is 4.31. The van der Waals surface area contributed by atoms with Crippen molar-refractivity contribution in [3.8, 4) is 0 Å². The van der Waals surface area contributed by atoms with Crippen LogP contribution in [0.5, 0.6) is 0 Å². The Bertz CT molecular complexity index is 437. The molecule has 0 spiro atoms. The maximum atomic E-state index is 12.9. The summed E-state index contributed by atoms with van der Waals surface area (Å²) in [5, 5.41) is 9.08. The van der Waals surface area contributed by atoms with Crippen LogP contribution in [0.2, 0.25) is 5.02 Å². The Balaban J connectivity index is 2.46. The number of rotatable bonds is 2. The van der Waals surface area contributed by atoms with Gasteiger partial charge in [-0.15, -0.1) is 0 Å². The van der Waals surface area contributed by atoms with Gasteiger partial charge in [0.1, 0.15) is 11.2 Å². The molecule has 2 atom stereocenters. The summed E-state index contributed by atoms with van der Waals surface area (Å²) in [6, 6.07) is 4.04. The lowest BCUT2D eigenvalue weighted by Gasteiger charge is -2.11. The van der Waals surface area contributed by atoms with E-state index in [9.17, 15) is 9.18 Å². The first-order chi connectivity index (χ1) is 6.98. The van der Waals surface area contributed by atoms with Crippen molar-refractivity contribution in [1.29, 1.82) is 0 Å². The molecule has 2 unspecified atom stereocenters. The number of carboxylic acids is 1. The van der Waals surface area contributed by atoms with Crippen molar-refractivity contribution >= 4 is 33.5 Å². The summed E-state index contributed by atoms with van der Waals surface area (Å²) < 4.78 is 12.9. The summed E-state index contributed by atoms with van der Waals surface area (Å²) in [7, 11) is 0. The zero-order valence-corrected chi connectivity index (χ0v) is 9.85. The SMILES string of the molecule is O=C(O)C1(c2ccc(F)c(Cl)c2)CC1Br. The third-order valence-electron chi connectivity index (χ3n) is 2.69. The van der Waals surface area contributed by atoms with Crippen molar-refractivity contribution in [2.75, 3.05) is 0 Å². The standard InChI is InChI=1S/C10H7BrClFO2/c11-8-4-10(8,9(14)15)5-1-2-7(13)6(12)3-5/h1-3,8H,4H2,(H,14,15). The van der Waals surface area contributed by atoms with Gasteiger partial charge in [0.15, 0.2) is 0 Å². The molecular formula is C10H7BrClFO2. The summed E-state index contributed by atoms with van der Waals surface area (Å²) in [6.07, 6.45) is 0.504. The van der Waals surface area contributed by atoms with Crippen LogP contribution in [0.1, 0.15) is 12.0 Å². The normalized spacial score (nSPS) is 28.9. The molecule has 0 aromatic heterocycles. The first-order valence-corrected chi connectivity index (χ1v) is 5.61. The topological polar surface area (TPSA) is 37.3 Å². The predicted molar refractivity (Wildman–Crippen MR) is 58.1 cm³/mol. The molecule has 0 saturated heterocycles. The molecule has 1 fully saturated rings. The van der Waals surface area contributed by atoms with Crippen LogP contribution in [0.4, 0.5) is 4.39 Å². The average Bonchev–Trinajstić information content (AvgIpc) is 2.84. The molecule has 0 amide bonds. The van der Waals surface area contributed by atoms with Gasteiger partial charge >= 0.3 is 5.97 Å². The Morgan fingerprint density at radius 3 is 2.67 bits per heavy atom. The number of halogens is 3. The number of benzene rings is 1. The Morgan fingerprint density at radius 1 is 1.67 bits per heavy atom. The summed E-state index contributed by atoms with van der Waals surface area (Å²) in [6.45, 7) is 0. The van der Waals surface area contributed by atoms with E-state index in [1.807, 2.05) is 0 Å². The van der Waals surface area contributed by atoms with Gasteiger partial charge in [-0.2, -0.15) is 0 Å². The summed E-state index contributed by atoms with van der Waals surface area (Å²) in [4.78, 5) is 11.0. The van der Waals surface area contributed by atoms with E-state index in [-0.39, 0.29) is 9.85 Å². The molecule has 1 saturated carbocycles. The zero-order chi connectivity index (χ0) is 11.2. The van der Waals surface area contributed by atoms with Gasteiger partial charge in [-0.1, -0.05) is 33.6 Å². The van der Waals surface area contributed by atoms with Crippen molar-refractivity contribution < 1.29 is 14.3 Å². The van der Waals surface area contributed by atoms with E-state index in [2.05, 4.69) is 15.9 Å². The van der Waals surface area contributed by atoms with Crippen LogP contribution in [0, 0.1) is 5.82 Å². The van der Waals surface area contributed by atoms with E-state index < -0.39 is 17.2 Å². The monoisotopic (exact) mass is 292 g/mol. The second-order valence-corrected chi connectivity index (χ2v) is 5.09. The smallest absolute Gasteiger partial charge is 0.315 e. The van der Waals surface area contributed by atoms with Crippen molar-refractivity contribution in [2.24, 2.45) is 0 Å². The van der Waals surface area contributed by atoms with Crippen molar-refractivity contribution in [3.05, 3.63) is 34.6 Å². The highest BCUT2D eigenvalue weighted by Crippen LogP contribution is 2.53. The highest BCUT2D eigenvalue weighted by atomic mass is 79.9. The van der Waals surface area contributed by atoms with E-state index in [1.165, 1.54) is 18.2 Å². The zero-order valence-electron chi connectivity index (χ0n) is 7.51. The van der Waals surface area contributed by atoms with Crippen molar-refractivity contribution in [3.63, 3.8) is 0 Å². The number of carbonyl (C=O) groups is 1. The molecule has 0 bridgehead atoms. The van der Waals surface area contributed by atoms with Crippen LogP contribution in [-0.4, -0.2) is 15.9 Å². The molecule has 5 heteroatoms. The van der Waals surface area contributed by atoms with Gasteiger partial charge in [0.25, 0.3) is 0 Å². The number of carboxylic acid groups (broad SMARTS) is 1. The fourth-order valence-electron chi connectivity index (χ4n) is 1.64. The van der Waals surface area contributed by atoms with Crippen LogP contribution >= 0.6 is 27.5 Å². The van der Waals surface area contributed by atoms with Gasteiger partial charge in [-0.25, -0.2) is 4.39 Å². The molecule has 2 rings (SSSR count). The number of aliphatic carboxylic acids is 1. The molecular weight excluding hydrogens is 286 g/mol. The maximum absolute atomic E-state index is 12.9. The van der Waals surface area contributed by atoms with Crippen molar-refractivity contribution in [2.45, 2.75) is 16.7 Å². The van der Waals surface area contributed by atoms with Crippen molar-refractivity contribution in [1.82, 2.24) is 0 Å². The van der Waals surface area contributed by atoms with Gasteiger partial charge in [0, 0.05) is 4.83 Å². The number of hydrogen-bond acceptors (Lipinski definition) is 1. The molecule has 0 heterocycles. The Morgan fingerprint density at radius 2 is 2.27 bits per heavy atom. The van der Waals surface area contributed by atoms with Crippen LogP contribution in [-0.2, 0) is 10.2 Å². The Labute approximate surface area is 99.2 Å². The Hall–Kier alpha value is -0.610. The van der Waals surface area contributed by atoms with Crippen LogP contribution < -0.4 is 0 Å². The average molecular weight is 294 g/mol. The number of hydrogen-bond donors (Lipinski definition) is 1. The fourth-order valence-corrected chi connectivity index (χ4v) is 2.79. The molecule has 80 valence electrons. The predicted octanol–water partition coefficient (Wildman–Crippen LogP) is 2.97. The second-order valence-electron chi connectivity index (χ2n) is 3.58. The third-order valence-corrected chi connectivity index (χ3v) is 4.09. The molecule has 1 aromatic rings. The van der Waals surface area contributed by atoms with E-state index in [0.29, 0.717) is 12.0 Å². The molecule has 2 nitrogen and oxygen atoms in total. The molecule has 1 aliphatic carbocycles. The third kappa shape index (κ3) is 1.56. The number of alkyl halides is 1. The largest absolute Gasteiger partial charge is 0.481 e. The lowest BCUT2D eigenvalue weighted by molar-refractivity contribution is -0.139. The highest BCUT2D eigenvalue weighted by molar-refractivity contribution is 9.09. The van der Waals surface area contributed by atoms with Crippen LogP contribution in [0.3, 0.4) is 0 Å². The highest BCUT2D eigenvalue weighted by Gasteiger charge is 2.60. The molecule has 1 aromatic carbocycles. The lowest BCUT2D eigenvalue weighted by atomic mass is 9.96. The van der Waals surface area contributed by atoms with Gasteiger partial charge in [0.05, 0.1) is 5.02 Å². The Kier molecular flexibility index (Phi) is 2.51.